The van der Waals surface area contributed by atoms with Gasteiger partial charge in [0.2, 0.25) is 0 Å². The van der Waals surface area contributed by atoms with Gasteiger partial charge in [0.1, 0.15) is 17.3 Å². The zero-order valence-electron chi connectivity index (χ0n) is 17.7. The fraction of sp³-hybridized carbons (Fsp3) is 0.167. The number of H-pyrrole nitrogens is 1. The van der Waals surface area contributed by atoms with E-state index in [9.17, 15) is 4.79 Å². The molecule has 4 aromatic rings. The summed E-state index contributed by atoms with van der Waals surface area (Å²) in [5.74, 6) is 1.87. The van der Waals surface area contributed by atoms with Crippen molar-refractivity contribution in [2.24, 2.45) is 0 Å². The third-order valence-electron chi connectivity index (χ3n) is 5.02. The lowest BCUT2D eigenvalue weighted by atomic mass is 10.1. The van der Waals surface area contributed by atoms with Gasteiger partial charge in [-0.15, -0.1) is 0 Å². The molecule has 3 N–H and O–H groups in total. The maximum absolute atomic E-state index is 12.4. The van der Waals surface area contributed by atoms with Crippen LogP contribution in [0.25, 0.3) is 11.0 Å². The Morgan fingerprint density at radius 2 is 1.72 bits per heavy atom. The molecule has 8 heteroatoms. The summed E-state index contributed by atoms with van der Waals surface area (Å²) in [5, 5.41) is 5.93. The number of nitrogens with zero attached hydrogens (tertiary/aromatic N) is 1. The molecule has 0 radical (unpaired) electrons. The Kier molecular flexibility index (Phi) is 6.47. The maximum atomic E-state index is 12.4. The smallest absolute Gasteiger partial charge is 0.323 e. The molecule has 0 fully saturated rings. The summed E-state index contributed by atoms with van der Waals surface area (Å²) in [4.78, 5) is 20.4. The third kappa shape index (κ3) is 4.95. The molecule has 0 atom stereocenters. The fourth-order valence-electron chi connectivity index (χ4n) is 3.38. The van der Waals surface area contributed by atoms with E-state index in [2.05, 4.69) is 20.6 Å². The molecular formula is C24H23ClN4O3. The van der Waals surface area contributed by atoms with Gasteiger partial charge in [0.05, 0.1) is 36.0 Å². The SMILES string of the molecule is COc1cc(OC)c(NC(=O)Nc2ccc(CCc3nc4ccccc4[nH]3)cc2)cc1Cl. The van der Waals surface area contributed by atoms with Crippen LogP contribution in [0.15, 0.2) is 60.7 Å². The molecule has 0 spiro atoms. The van der Waals surface area contributed by atoms with E-state index < -0.39 is 6.03 Å². The molecule has 7 nitrogen and oxygen atoms in total. The maximum Gasteiger partial charge on any atom is 0.323 e. The van der Waals surface area contributed by atoms with Crippen molar-refractivity contribution in [2.45, 2.75) is 12.8 Å². The molecule has 3 aromatic carbocycles. The van der Waals surface area contributed by atoms with Gasteiger partial charge in [0.15, 0.2) is 0 Å². The summed E-state index contributed by atoms with van der Waals surface area (Å²) in [7, 11) is 3.02. The van der Waals surface area contributed by atoms with Crippen LogP contribution < -0.4 is 20.1 Å². The van der Waals surface area contributed by atoms with Gasteiger partial charge in [-0.1, -0.05) is 35.9 Å². The number of imidazole rings is 1. The van der Waals surface area contributed by atoms with Crippen molar-refractivity contribution in [3.8, 4) is 11.5 Å². The van der Waals surface area contributed by atoms with Crippen LogP contribution in [0.2, 0.25) is 5.02 Å². The number of fused-ring (bicyclic) bond motifs is 1. The monoisotopic (exact) mass is 450 g/mol. The minimum absolute atomic E-state index is 0.373. The Balaban J connectivity index is 1.35. The number of rotatable bonds is 7. The van der Waals surface area contributed by atoms with Crippen molar-refractivity contribution in [2.75, 3.05) is 24.9 Å². The van der Waals surface area contributed by atoms with Gasteiger partial charge in [-0.25, -0.2) is 9.78 Å². The lowest BCUT2D eigenvalue weighted by Gasteiger charge is -2.14. The minimum Gasteiger partial charge on any atom is -0.495 e. The second-order valence-corrected chi connectivity index (χ2v) is 7.57. The van der Waals surface area contributed by atoms with Crippen LogP contribution in [0.3, 0.4) is 0 Å². The van der Waals surface area contributed by atoms with E-state index in [1.54, 1.807) is 12.1 Å². The summed E-state index contributed by atoms with van der Waals surface area (Å²) in [6.45, 7) is 0. The highest BCUT2D eigenvalue weighted by atomic mass is 35.5. The first kappa shape index (κ1) is 21.5. The number of aromatic nitrogens is 2. The number of para-hydroxylation sites is 2. The van der Waals surface area contributed by atoms with Crippen molar-refractivity contribution in [3.63, 3.8) is 0 Å². The molecule has 0 unspecified atom stereocenters. The molecule has 2 amide bonds. The summed E-state index contributed by atoms with van der Waals surface area (Å²) in [6, 6.07) is 18.5. The first-order chi connectivity index (χ1) is 15.6. The number of aryl methyl sites for hydroxylation is 2. The first-order valence-electron chi connectivity index (χ1n) is 10.1. The highest BCUT2D eigenvalue weighted by Gasteiger charge is 2.13. The van der Waals surface area contributed by atoms with Gasteiger partial charge in [0, 0.05) is 18.2 Å². The van der Waals surface area contributed by atoms with Gasteiger partial charge in [-0.3, -0.25) is 0 Å². The van der Waals surface area contributed by atoms with Crippen LogP contribution in [-0.2, 0) is 12.8 Å². The molecule has 0 aliphatic rings. The molecule has 32 heavy (non-hydrogen) atoms. The number of carbonyl (C=O) groups excluding carboxylic acids is 1. The highest BCUT2D eigenvalue weighted by Crippen LogP contribution is 2.35. The fourth-order valence-corrected chi connectivity index (χ4v) is 3.62. The highest BCUT2D eigenvalue weighted by molar-refractivity contribution is 6.32. The number of aromatic amines is 1. The quantitative estimate of drug-likeness (QED) is 0.339. The van der Waals surface area contributed by atoms with E-state index in [1.807, 2.05) is 48.5 Å². The van der Waals surface area contributed by atoms with Gasteiger partial charge < -0.3 is 25.1 Å². The van der Waals surface area contributed by atoms with E-state index in [-0.39, 0.29) is 0 Å². The molecular weight excluding hydrogens is 428 g/mol. The van der Waals surface area contributed by atoms with Crippen molar-refractivity contribution < 1.29 is 14.3 Å². The second-order valence-electron chi connectivity index (χ2n) is 7.16. The summed E-state index contributed by atoms with van der Waals surface area (Å²) in [6.07, 6.45) is 1.65. The Bertz CT molecular complexity index is 1200. The van der Waals surface area contributed by atoms with Crippen LogP contribution in [0.5, 0.6) is 11.5 Å². The normalized spacial score (nSPS) is 10.7. The number of halogens is 1. The van der Waals surface area contributed by atoms with E-state index in [1.165, 1.54) is 14.2 Å². The first-order valence-corrected chi connectivity index (χ1v) is 10.5. The Morgan fingerprint density at radius 1 is 0.969 bits per heavy atom. The van der Waals surface area contributed by atoms with E-state index in [0.29, 0.717) is 27.9 Å². The van der Waals surface area contributed by atoms with E-state index in [4.69, 9.17) is 21.1 Å². The zero-order chi connectivity index (χ0) is 22.5. The summed E-state index contributed by atoms with van der Waals surface area (Å²) < 4.78 is 10.5. The number of amides is 2. The van der Waals surface area contributed by atoms with Crippen LogP contribution in [0.4, 0.5) is 16.2 Å². The Hall–Kier alpha value is -3.71. The lowest BCUT2D eigenvalue weighted by molar-refractivity contribution is 0.262. The average molecular weight is 451 g/mol. The number of hydrogen-bond donors (Lipinski definition) is 3. The van der Waals surface area contributed by atoms with E-state index in [0.717, 1.165) is 35.3 Å². The van der Waals surface area contributed by atoms with Crippen molar-refractivity contribution in [1.29, 1.82) is 0 Å². The molecule has 0 aliphatic heterocycles. The molecule has 1 heterocycles. The molecule has 0 saturated carbocycles. The number of carbonyl (C=O) groups is 1. The zero-order valence-corrected chi connectivity index (χ0v) is 18.5. The Morgan fingerprint density at radius 3 is 2.44 bits per heavy atom. The summed E-state index contributed by atoms with van der Waals surface area (Å²) in [5.41, 5.74) is 4.29. The standard InChI is InChI=1S/C24H23ClN4O3/c1-31-21-14-22(32-2)20(13-17(21)25)29-24(30)26-16-10-7-15(8-11-16)9-12-23-27-18-5-3-4-6-19(18)28-23/h3-8,10-11,13-14H,9,12H2,1-2H3,(H,27,28)(H2,26,29,30). The van der Waals surface area contributed by atoms with Crippen LogP contribution >= 0.6 is 11.6 Å². The predicted molar refractivity (Wildman–Crippen MR) is 127 cm³/mol. The van der Waals surface area contributed by atoms with Crippen LogP contribution in [0, 0.1) is 0 Å². The third-order valence-corrected chi connectivity index (χ3v) is 5.32. The molecule has 0 bridgehead atoms. The molecule has 0 saturated heterocycles. The van der Waals surface area contributed by atoms with E-state index >= 15 is 0 Å². The lowest BCUT2D eigenvalue weighted by Crippen LogP contribution is -2.19. The number of ether oxygens (including phenoxy) is 2. The number of hydrogen-bond acceptors (Lipinski definition) is 4. The van der Waals surface area contributed by atoms with Crippen molar-refractivity contribution in [3.05, 3.63) is 77.1 Å². The number of anilines is 2. The number of benzene rings is 3. The van der Waals surface area contributed by atoms with Gasteiger partial charge in [0.25, 0.3) is 0 Å². The van der Waals surface area contributed by atoms with Crippen molar-refractivity contribution >= 4 is 40.0 Å². The molecule has 164 valence electrons. The number of methoxy groups -OCH3 is 2. The minimum atomic E-state index is -0.403. The van der Waals surface area contributed by atoms with Gasteiger partial charge >= 0.3 is 6.03 Å². The Labute approximate surface area is 190 Å². The molecule has 4 rings (SSSR count). The van der Waals surface area contributed by atoms with Crippen molar-refractivity contribution in [1.82, 2.24) is 9.97 Å². The topological polar surface area (TPSA) is 88.3 Å². The van der Waals surface area contributed by atoms with Gasteiger partial charge in [-0.2, -0.15) is 0 Å². The van der Waals surface area contributed by atoms with Gasteiger partial charge in [-0.05, 0) is 42.3 Å². The number of nitrogens with one attached hydrogen (secondary N) is 3. The molecule has 1 aromatic heterocycles. The summed E-state index contributed by atoms with van der Waals surface area (Å²) >= 11 is 6.16. The predicted octanol–water partition coefficient (Wildman–Crippen LogP) is 5.66. The second kappa shape index (κ2) is 9.62. The molecule has 0 aliphatic carbocycles. The van der Waals surface area contributed by atoms with Crippen LogP contribution in [-0.4, -0.2) is 30.2 Å². The largest absolute Gasteiger partial charge is 0.495 e. The average Bonchev–Trinajstić information content (AvgIpc) is 3.22. The number of urea groups is 1. The van der Waals surface area contributed by atoms with Crippen LogP contribution in [0.1, 0.15) is 11.4 Å².